The fourth-order valence-electron chi connectivity index (χ4n) is 2.53. The molecule has 1 saturated heterocycles. The lowest BCUT2D eigenvalue weighted by atomic mass is 9.90. The van der Waals surface area contributed by atoms with E-state index in [1.807, 2.05) is 7.05 Å². The van der Waals surface area contributed by atoms with Crippen LogP contribution in [-0.4, -0.2) is 43.7 Å². The van der Waals surface area contributed by atoms with E-state index in [4.69, 9.17) is 4.74 Å². The molecule has 0 bridgehead atoms. The van der Waals surface area contributed by atoms with Crippen molar-refractivity contribution in [1.29, 1.82) is 0 Å². The third kappa shape index (κ3) is 4.46. The Bertz CT molecular complexity index is 399. The minimum Gasteiger partial charge on any atom is -0.494 e. The van der Waals surface area contributed by atoms with Gasteiger partial charge in [0.05, 0.1) is 6.61 Å². The summed E-state index contributed by atoms with van der Waals surface area (Å²) in [6, 6.07) is 6.21. The third-order valence-electron chi connectivity index (χ3n) is 4.26. The smallest absolute Gasteiger partial charge is 0.123 e. The number of hydrogen-bond acceptors (Lipinski definition) is 3. The highest BCUT2D eigenvalue weighted by molar-refractivity contribution is 5.21. The number of nitrogens with one attached hydrogen (secondary N) is 1. The Kier molecular flexibility index (Phi) is 5.38. The van der Waals surface area contributed by atoms with Gasteiger partial charge in [-0.2, -0.15) is 0 Å². The molecular weight excluding hydrogens is 255 g/mol. The maximum atomic E-state index is 12.7. The number of ether oxygens (including phenoxy) is 1. The topological polar surface area (TPSA) is 24.5 Å². The zero-order valence-electron chi connectivity index (χ0n) is 12.5. The van der Waals surface area contributed by atoms with E-state index in [9.17, 15) is 4.39 Å². The molecule has 1 aliphatic heterocycles. The van der Waals surface area contributed by atoms with Gasteiger partial charge >= 0.3 is 0 Å². The maximum Gasteiger partial charge on any atom is 0.123 e. The average Bonchev–Trinajstić information content (AvgIpc) is 2.47. The Morgan fingerprint density at radius 1 is 1.25 bits per heavy atom. The van der Waals surface area contributed by atoms with E-state index < -0.39 is 0 Å². The van der Waals surface area contributed by atoms with Crippen LogP contribution in [0.3, 0.4) is 0 Å². The Balaban J connectivity index is 1.61. The van der Waals surface area contributed by atoms with Crippen molar-refractivity contribution in [3.05, 3.63) is 30.1 Å². The normalized spacial score (nSPS) is 18.9. The van der Waals surface area contributed by atoms with Crippen LogP contribution >= 0.6 is 0 Å². The zero-order chi connectivity index (χ0) is 14.4. The van der Waals surface area contributed by atoms with Gasteiger partial charge in [0.25, 0.3) is 0 Å². The molecule has 1 aromatic carbocycles. The van der Waals surface area contributed by atoms with Crippen LogP contribution in [-0.2, 0) is 0 Å². The Labute approximate surface area is 121 Å². The summed E-state index contributed by atoms with van der Waals surface area (Å²) in [4.78, 5) is 2.49. The molecule has 0 aromatic heterocycles. The van der Waals surface area contributed by atoms with Gasteiger partial charge in [0.2, 0.25) is 0 Å². The van der Waals surface area contributed by atoms with Crippen molar-refractivity contribution in [2.24, 2.45) is 0 Å². The summed E-state index contributed by atoms with van der Waals surface area (Å²) in [6.45, 7) is 6.34. The molecule has 112 valence electrons. The van der Waals surface area contributed by atoms with E-state index in [1.165, 1.54) is 25.0 Å². The second kappa shape index (κ2) is 7.04. The molecule has 2 rings (SSSR count). The Morgan fingerprint density at radius 2 is 1.90 bits per heavy atom. The number of rotatable bonds is 6. The van der Waals surface area contributed by atoms with E-state index in [1.54, 1.807) is 12.1 Å². The number of hydrogen-bond donors (Lipinski definition) is 1. The molecule has 0 unspecified atom stereocenters. The van der Waals surface area contributed by atoms with Crippen molar-refractivity contribution in [3.8, 4) is 5.75 Å². The van der Waals surface area contributed by atoms with Gasteiger partial charge in [0.15, 0.2) is 0 Å². The summed E-state index contributed by atoms with van der Waals surface area (Å²) in [5.41, 5.74) is 0.307. The van der Waals surface area contributed by atoms with Crippen LogP contribution in [0.25, 0.3) is 0 Å². The fourth-order valence-corrected chi connectivity index (χ4v) is 2.53. The van der Waals surface area contributed by atoms with Crippen molar-refractivity contribution in [2.75, 3.05) is 33.3 Å². The molecule has 0 radical (unpaired) electrons. The summed E-state index contributed by atoms with van der Waals surface area (Å²) in [5.74, 6) is 0.519. The molecule has 0 spiro atoms. The number of piperidine rings is 1. The number of halogens is 1. The molecule has 0 amide bonds. The van der Waals surface area contributed by atoms with Crippen LogP contribution in [0.5, 0.6) is 5.75 Å². The van der Waals surface area contributed by atoms with Crippen LogP contribution < -0.4 is 10.1 Å². The Hall–Kier alpha value is -1.13. The van der Waals surface area contributed by atoms with Crippen LogP contribution in [0.1, 0.15) is 26.2 Å². The van der Waals surface area contributed by atoms with Gasteiger partial charge < -0.3 is 15.0 Å². The summed E-state index contributed by atoms with van der Waals surface area (Å²) in [5, 5.41) is 3.41. The van der Waals surface area contributed by atoms with Crippen LogP contribution in [0.4, 0.5) is 4.39 Å². The van der Waals surface area contributed by atoms with Crippen molar-refractivity contribution < 1.29 is 9.13 Å². The van der Waals surface area contributed by atoms with Crippen LogP contribution in [0.2, 0.25) is 0 Å². The zero-order valence-corrected chi connectivity index (χ0v) is 12.5. The highest BCUT2D eigenvalue weighted by Gasteiger charge is 2.27. The second-order valence-electron chi connectivity index (χ2n) is 5.81. The lowest BCUT2D eigenvalue weighted by Gasteiger charge is -2.39. The predicted molar refractivity (Wildman–Crippen MR) is 79.7 cm³/mol. The highest BCUT2D eigenvalue weighted by atomic mass is 19.1. The molecule has 1 heterocycles. The number of nitrogens with zero attached hydrogens (tertiary/aromatic N) is 1. The van der Waals surface area contributed by atoms with Gasteiger partial charge in [-0.1, -0.05) is 0 Å². The van der Waals surface area contributed by atoms with Gasteiger partial charge in [0, 0.05) is 12.1 Å². The third-order valence-corrected chi connectivity index (χ3v) is 4.26. The van der Waals surface area contributed by atoms with Crippen molar-refractivity contribution in [1.82, 2.24) is 10.2 Å². The summed E-state index contributed by atoms with van der Waals surface area (Å²) in [6.07, 6.45) is 3.40. The predicted octanol–water partition coefficient (Wildman–Crippen LogP) is 2.67. The molecule has 4 heteroatoms. The molecule has 1 aliphatic rings. The summed E-state index contributed by atoms with van der Waals surface area (Å²) < 4.78 is 18.4. The van der Waals surface area contributed by atoms with E-state index in [0.717, 1.165) is 31.8 Å². The molecular formula is C16H25FN2O. The van der Waals surface area contributed by atoms with Crippen LogP contribution in [0.15, 0.2) is 24.3 Å². The average molecular weight is 280 g/mol. The van der Waals surface area contributed by atoms with Gasteiger partial charge in [-0.15, -0.1) is 0 Å². The molecule has 3 nitrogen and oxygen atoms in total. The first kappa shape index (κ1) is 15.3. The van der Waals surface area contributed by atoms with Gasteiger partial charge in [-0.3, -0.25) is 0 Å². The number of likely N-dealkylation sites (tertiary alicyclic amines) is 1. The van der Waals surface area contributed by atoms with Gasteiger partial charge in [-0.25, -0.2) is 4.39 Å². The molecule has 1 aromatic rings. The lowest BCUT2D eigenvalue weighted by molar-refractivity contribution is 0.144. The van der Waals surface area contributed by atoms with Crippen molar-refractivity contribution >= 4 is 0 Å². The molecule has 0 atom stereocenters. The first-order chi connectivity index (χ1) is 9.61. The monoisotopic (exact) mass is 280 g/mol. The van der Waals surface area contributed by atoms with Crippen molar-refractivity contribution in [3.63, 3.8) is 0 Å². The van der Waals surface area contributed by atoms with Gasteiger partial charge in [-0.05, 0) is 70.6 Å². The SMILES string of the molecule is CNC1(C)CCN(CCCOc2ccc(F)cc2)CC1. The van der Waals surface area contributed by atoms with E-state index in [-0.39, 0.29) is 5.82 Å². The molecule has 20 heavy (non-hydrogen) atoms. The molecule has 0 aliphatic carbocycles. The Morgan fingerprint density at radius 3 is 2.50 bits per heavy atom. The quantitative estimate of drug-likeness (QED) is 0.811. The minimum absolute atomic E-state index is 0.224. The molecule has 1 N–H and O–H groups in total. The largest absolute Gasteiger partial charge is 0.494 e. The van der Waals surface area contributed by atoms with E-state index in [2.05, 4.69) is 17.1 Å². The molecule has 0 saturated carbocycles. The standard InChI is InChI=1S/C16H25FN2O/c1-16(18-2)8-11-19(12-9-16)10-3-13-20-15-6-4-14(17)5-7-15/h4-7,18H,3,8-13H2,1-2H3. The van der Waals surface area contributed by atoms with Gasteiger partial charge in [0.1, 0.15) is 11.6 Å². The maximum absolute atomic E-state index is 12.7. The first-order valence-corrected chi connectivity index (χ1v) is 7.41. The van der Waals surface area contributed by atoms with Crippen LogP contribution in [0, 0.1) is 5.82 Å². The summed E-state index contributed by atoms with van der Waals surface area (Å²) in [7, 11) is 2.05. The highest BCUT2D eigenvalue weighted by Crippen LogP contribution is 2.21. The van der Waals surface area contributed by atoms with E-state index >= 15 is 0 Å². The number of benzene rings is 1. The second-order valence-corrected chi connectivity index (χ2v) is 5.81. The molecule has 1 fully saturated rings. The van der Waals surface area contributed by atoms with Crippen molar-refractivity contribution in [2.45, 2.75) is 31.7 Å². The summed E-state index contributed by atoms with van der Waals surface area (Å²) >= 11 is 0. The fraction of sp³-hybridized carbons (Fsp3) is 0.625. The minimum atomic E-state index is -0.224. The lowest BCUT2D eigenvalue weighted by Crippen LogP contribution is -2.50. The first-order valence-electron chi connectivity index (χ1n) is 7.41. The van der Waals surface area contributed by atoms with E-state index in [0.29, 0.717) is 12.1 Å².